The van der Waals surface area contributed by atoms with Gasteiger partial charge >= 0.3 is 12.2 Å². The Bertz CT molecular complexity index is 2200. The molecular formula is C38H37F4N9O6. The number of amides is 6. The first-order valence-corrected chi connectivity index (χ1v) is 18.2. The van der Waals surface area contributed by atoms with E-state index in [1.54, 1.807) is 34.1 Å². The number of pyridine rings is 1. The molecule has 1 atom stereocenters. The van der Waals surface area contributed by atoms with Crippen molar-refractivity contribution in [3.05, 3.63) is 95.3 Å². The number of piperazine rings is 1. The van der Waals surface area contributed by atoms with Crippen LogP contribution in [0.15, 0.2) is 66.9 Å². The molecule has 0 aliphatic carbocycles. The largest absolute Gasteiger partial charge is 0.480 e. The van der Waals surface area contributed by atoms with E-state index in [4.69, 9.17) is 10.5 Å². The van der Waals surface area contributed by atoms with E-state index in [1.807, 2.05) is 12.1 Å². The molecule has 0 spiro atoms. The van der Waals surface area contributed by atoms with E-state index < -0.39 is 47.2 Å². The minimum atomic E-state index is -4.75. The summed E-state index contributed by atoms with van der Waals surface area (Å²) in [4.78, 5) is 70.8. The van der Waals surface area contributed by atoms with Gasteiger partial charge < -0.3 is 30.5 Å². The van der Waals surface area contributed by atoms with E-state index in [2.05, 4.69) is 25.6 Å². The number of aromatic nitrogens is 3. The van der Waals surface area contributed by atoms with Gasteiger partial charge in [-0.3, -0.25) is 24.5 Å². The van der Waals surface area contributed by atoms with Crippen LogP contribution in [0.25, 0.3) is 5.69 Å². The van der Waals surface area contributed by atoms with Crippen LogP contribution in [0.3, 0.4) is 0 Å². The molecule has 1 unspecified atom stereocenters. The van der Waals surface area contributed by atoms with Gasteiger partial charge in [-0.1, -0.05) is 12.1 Å². The van der Waals surface area contributed by atoms with Crippen molar-refractivity contribution >= 4 is 41.0 Å². The number of alkyl halides is 3. The Morgan fingerprint density at radius 3 is 2.21 bits per heavy atom. The molecule has 7 rings (SSSR count). The van der Waals surface area contributed by atoms with Gasteiger partial charge in [-0.05, 0) is 66.8 Å². The van der Waals surface area contributed by atoms with Crippen LogP contribution < -0.4 is 26.0 Å². The summed E-state index contributed by atoms with van der Waals surface area (Å²) in [6, 6.07) is 14.5. The summed E-state index contributed by atoms with van der Waals surface area (Å²) < 4.78 is 61.4. The molecule has 57 heavy (non-hydrogen) atoms. The smallest absolute Gasteiger partial charge is 0.433 e. The van der Waals surface area contributed by atoms with Crippen LogP contribution >= 0.6 is 0 Å². The normalized spacial score (nSPS) is 18.0. The van der Waals surface area contributed by atoms with E-state index >= 15 is 4.39 Å². The minimum Gasteiger partial charge on any atom is -0.480 e. The molecule has 3 aliphatic heterocycles. The predicted octanol–water partition coefficient (Wildman–Crippen LogP) is 4.08. The first kappa shape index (κ1) is 38.7. The molecule has 2 aromatic heterocycles. The van der Waals surface area contributed by atoms with Crippen molar-refractivity contribution in [2.75, 3.05) is 49.5 Å². The number of urea groups is 1. The third-order valence-electron chi connectivity index (χ3n) is 10.1. The third kappa shape index (κ3) is 8.66. The Labute approximate surface area is 322 Å². The second-order valence-corrected chi connectivity index (χ2v) is 13.8. The lowest BCUT2D eigenvalue weighted by atomic mass is 9.89. The molecular weight excluding hydrogens is 754 g/mol. The molecule has 0 saturated carbocycles. The van der Waals surface area contributed by atoms with Crippen LogP contribution in [-0.2, 0) is 15.8 Å². The van der Waals surface area contributed by atoms with Crippen molar-refractivity contribution < 1.29 is 46.3 Å². The molecule has 4 N–H and O–H groups in total. The fourth-order valence-corrected chi connectivity index (χ4v) is 7.10. The van der Waals surface area contributed by atoms with Gasteiger partial charge in [0.1, 0.15) is 23.0 Å². The molecule has 0 bridgehead atoms. The number of carbonyl (C=O) groups excluding carboxylic acids is 5. The summed E-state index contributed by atoms with van der Waals surface area (Å²) in [5.41, 5.74) is 5.20. The summed E-state index contributed by atoms with van der Waals surface area (Å²) in [6.07, 6.45) is -2.74. The number of imide groups is 1. The van der Waals surface area contributed by atoms with Gasteiger partial charge in [0.15, 0.2) is 11.8 Å². The van der Waals surface area contributed by atoms with Gasteiger partial charge in [0.2, 0.25) is 5.91 Å². The highest BCUT2D eigenvalue weighted by atomic mass is 19.4. The molecule has 3 saturated heterocycles. The maximum Gasteiger partial charge on any atom is 0.433 e. The zero-order valence-corrected chi connectivity index (χ0v) is 30.3. The van der Waals surface area contributed by atoms with Crippen LogP contribution in [-0.4, -0.2) is 99.6 Å². The quantitative estimate of drug-likeness (QED) is 0.175. The number of likely N-dealkylation sites (tertiary alicyclic amines) is 1. The summed E-state index contributed by atoms with van der Waals surface area (Å²) in [6.45, 7) is 3.03. The maximum atomic E-state index is 15.2. The lowest BCUT2D eigenvalue weighted by Gasteiger charge is -2.40. The lowest BCUT2D eigenvalue weighted by molar-refractivity contribution is -0.141. The first-order chi connectivity index (χ1) is 27.2. The van der Waals surface area contributed by atoms with Crippen LogP contribution in [0.5, 0.6) is 5.75 Å². The third-order valence-corrected chi connectivity index (χ3v) is 10.1. The Hall–Kier alpha value is -6.53. The highest BCUT2D eigenvalue weighted by molar-refractivity contribution is 6.07. The van der Waals surface area contributed by atoms with E-state index in [1.165, 1.54) is 16.9 Å². The first-order valence-electron chi connectivity index (χ1n) is 18.2. The number of hydrogen-bond donors (Lipinski definition) is 3. The summed E-state index contributed by atoms with van der Waals surface area (Å²) in [7, 11) is 0. The molecule has 3 fully saturated rings. The van der Waals surface area contributed by atoms with Gasteiger partial charge in [-0.15, -0.1) is 0 Å². The highest BCUT2D eigenvalue weighted by Gasteiger charge is 2.34. The zero-order valence-electron chi connectivity index (χ0n) is 30.3. The Kier molecular flexibility index (Phi) is 10.8. The lowest BCUT2D eigenvalue weighted by Crippen LogP contribution is -2.54. The Balaban J connectivity index is 0.904. The van der Waals surface area contributed by atoms with Crippen molar-refractivity contribution in [3.63, 3.8) is 0 Å². The summed E-state index contributed by atoms with van der Waals surface area (Å²) >= 11 is 0. The molecule has 0 radical (unpaired) electrons. The Morgan fingerprint density at radius 1 is 0.877 bits per heavy atom. The number of hydrogen-bond acceptors (Lipinski definition) is 9. The molecule has 4 aromatic rings. The topological polar surface area (TPSA) is 185 Å². The molecule has 298 valence electrons. The van der Waals surface area contributed by atoms with Crippen molar-refractivity contribution in [1.82, 2.24) is 29.9 Å². The van der Waals surface area contributed by atoms with E-state index in [9.17, 15) is 37.1 Å². The van der Waals surface area contributed by atoms with E-state index in [0.29, 0.717) is 63.4 Å². The van der Waals surface area contributed by atoms with Crippen LogP contribution in [0.1, 0.15) is 63.8 Å². The van der Waals surface area contributed by atoms with Gasteiger partial charge in [0, 0.05) is 63.9 Å². The number of piperidine rings is 2. The standard InChI is InChI=1S/C38H37F4N9O6/c39-27-20-25(57-30-10-11-32(52)46-36(30)55)8-9-26(27)22-12-14-49(15-13-22)37(56)50-18-16-48(17-19-50)23-4-6-24(7-5-23)51-21-29(33(47-51)34(43)53)45-35(54)28-2-1-3-31(44-28)38(40,41)42/h1-9,20-22,30H,10-19H2,(H2,43,53)(H,45,54)(H,46,52,55). The molecule has 2 aromatic carbocycles. The molecule has 6 amide bonds. The predicted molar refractivity (Wildman–Crippen MR) is 195 cm³/mol. The number of carbonyl (C=O) groups is 5. The summed E-state index contributed by atoms with van der Waals surface area (Å²) in [5.74, 6) is -3.18. The number of anilines is 2. The fraction of sp³-hybridized carbons (Fsp3) is 0.342. The molecule has 3 aliphatic rings. The molecule has 5 heterocycles. The number of ether oxygens (including phenoxy) is 1. The summed E-state index contributed by atoms with van der Waals surface area (Å²) in [5, 5.41) is 8.76. The van der Waals surface area contributed by atoms with Crippen molar-refractivity contribution in [2.45, 2.75) is 43.9 Å². The number of nitrogens with two attached hydrogens (primary N) is 1. The van der Waals surface area contributed by atoms with Crippen molar-refractivity contribution in [1.29, 1.82) is 0 Å². The number of nitrogens with zero attached hydrogens (tertiary/aromatic N) is 6. The van der Waals surface area contributed by atoms with Gasteiger partial charge in [0.25, 0.3) is 17.7 Å². The van der Waals surface area contributed by atoms with Gasteiger partial charge in [-0.25, -0.2) is 18.9 Å². The van der Waals surface area contributed by atoms with Crippen LogP contribution in [0.4, 0.5) is 33.7 Å². The average Bonchev–Trinajstić information content (AvgIpc) is 3.63. The minimum absolute atomic E-state index is 0.0763. The Morgan fingerprint density at radius 2 is 1.56 bits per heavy atom. The van der Waals surface area contributed by atoms with Crippen molar-refractivity contribution in [3.8, 4) is 11.4 Å². The van der Waals surface area contributed by atoms with Gasteiger partial charge in [0.05, 0.1) is 17.6 Å². The average molecular weight is 792 g/mol. The van der Waals surface area contributed by atoms with Crippen LogP contribution in [0.2, 0.25) is 0 Å². The van der Waals surface area contributed by atoms with Gasteiger partial charge in [-0.2, -0.15) is 18.3 Å². The van der Waals surface area contributed by atoms with Crippen molar-refractivity contribution in [2.24, 2.45) is 5.73 Å². The molecule has 19 heteroatoms. The number of halogens is 4. The molecule has 15 nitrogen and oxygen atoms in total. The van der Waals surface area contributed by atoms with E-state index in [0.717, 1.165) is 23.9 Å². The fourth-order valence-electron chi connectivity index (χ4n) is 7.10. The van der Waals surface area contributed by atoms with E-state index in [-0.39, 0.29) is 47.8 Å². The SMILES string of the molecule is NC(=O)c1nn(-c2ccc(N3CCN(C(=O)N4CCC(c5ccc(OC6CCC(=O)NC6=O)cc5F)CC4)CC3)cc2)cc1NC(=O)c1cccc(C(F)(F)F)n1. The number of nitrogens with one attached hydrogen (secondary N) is 2. The van der Waals surface area contributed by atoms with Crippen LogP contribution in [0, 0.1) is 5.82 Å². The number of primary amides is 1. The zero-order chi connectivity index (χ0) is 40.4. The second kappa shape index (κ2) is 15.9. The second-order valence-electron chi connectivity index (χ2n) is 13.8. The highest BCUT2D eigenvalue weighted by Crippen LogP contribution is 2.33. The maximum absolute atomic E-state index is 15.2. The number of benzene rings is 2. The number of rotatable bonds is 8. The monoisotopic (exact) mass is 791 g/mol.